The van der Waals surface area contributed by atoms with Gasteiger partial charge in [0.1, 0.15) is 30.0 Å². The molecular weight excluding hydrogens is 511 g/mol. The second-order valence-electron chi connectivity index (χ2n) is 9.53. The predicted octanol–water partition coefficient (Wildman–Crippen LogP) is 2.88. The van der Waals surface area contributed by atoms with E-state index in [-0.39, 0.29) is 29.0 Å². The molecule has 11 nitrogen and oxygen atoms in total. The number of ether oxygens (including phenoxy) is 1. The molecule has 1 fully saturated rings. The molecule has 6 rings (SSSR count). The SMILES string of the molecule is Cc1nc(S(=O)(=O)N2CCC(Nc3nccc(C4C(c5ccc(F)cc5)N=C5OC=CN54)n3)CC2)cn1C. The quantitative estimate of drug-likeness (QED) is 0.509. The van der Waals surface area contributed by atoms with Gasteiger partial charge in [-0.3, -0.25) is 4.90 Å². The molecule has 0 spiro atoms. The number of anilines is 1. The highest BCUT2D eigenvalue weighted by Gasteiger charge is 2.41. The first-order valence-electron chi connectivity index (χ1n) is 12.3. The number of hydrogen-bond donors (Lipinski definition) is 1. The normalized spacial score (nSPS) is 21.9. The molecule has 1 aromatic carbocycles. The summed E-state index contributed by atoms with van der Waals surface area (Å²) in [6.07, 6.45) is 7.83. The Labute approximate surface area is 219 Å². The third-order valence-electron chi connectivity index (χ3n) is 7.13. The minimum Gasteiger partial charge on any atom is -0.432 e. The molecule has 3 aliphatic heterocycles. The van der Waals surface area contributed by atoms with Crippen molar-refractivity contribution in [3.8, 4) is 0 Å². The average molecular weight is 539 g/mol. The first-order chi connectivity index (χ1) is 18.3. The van der Waals surface area contributed by atoms with Crippen molar-refractivity contribution in [2.75, 3.05) is 18.4 Å². The standard InChI is InChI=1S/C25H27FN8O3S/c1-16-28-21(15-32(16)2)38(35,36)33-11-8-19(9-12-33)29-24-27-10-7-20(30-24)23-22(17-3-5-18(26)6-4-17)31-25-34(23)13-14-37-25/h3-7,10,13-15,19,22-23H,8-9,11-12H2,1-2H3,(H,27,29,30). The van der Waals surface area contributed by atoms with Gasteiger partial charge in [-0.15, -0.1) is 0 Å². The summed E-state index contributed by atoms with van der Waals surface area (Å²) in [5.74, 6) is 0.796. The zero-order valence-corrected chi connectivity index (χ0v) is 21.7. The van der Waals surface area contributed by atoms with Crippen LogP contribution in [0.5, 0.6) is 0 Å². The molecule has 13 heteroatoms. The number of rotatable bonds is 6. The van der Waals surface area contributed by atoms with E-state index in [4.69, 9.17) is 14.7 Å². The van der Waals surface area contributed by atoms with Crippen LogP contribution < -0.4 is 5.32 Å². The summed E-state index contributed by atoms with van der Waals surface area (Å²) in [6, 6.07) is 7.97. The lowest BCUT2D eigenvalue weighted by Gasteiger charge is -2.31. The number of hydrogen-bond acceptors (Lipinski definition) is 9. The van der Waals surface area contributed by atoms with Gasteiger partial charge in [0.25, 0.3) is 16.0 Å². The molecular formula is C25H27FN8O3S. The van der Waals surface area contributed by atoms with Crippen molar-refractivity contribution in [2.45, 2.75) is 42.9 Å². The van der Waals surface area contributed by atoms with Crippen molar-refractivity contribution in [3.63, 3.8) is 0 Å². The largest absolute Gasteiger partial charge is 0.432 e. The number of aliphatic imine (C=N–C) groups is 1. The molecule has 0 aliphatic carbocycles. The molecule has 0 bridgehead atoms. The van der Waals surface area contributed by atoms with Crippen molar-refractivity contribution >= 4 is 22.0 Å². The molecule has 5 heterocycles. The molecule has 2 unspecified atom stereocenters. The highest BCUT2D eigenvalue weighted by atomic mass is 32.2. The molecule has 1 N–H and O–H groups in total. The zero-order valence-electron chi connectivity index (χ0n) is 20.9. The monoisotopic (exact) mass is 538 g/mol. The summed E-state index contributed by atoms with van der Waals surface area (Å²) >= 11 is 0. The average Bonchev–Trinajstić information content (AvgIpc) is 3.60. The molecule has 3 aromatic rings. The minimum absolute atomic E-state index is 0.0143. The highest BCUT2D eigenvalue weighted by Crippen LogP contribution is 2.43. The van der Waals surface area contributed by atoms with E-state index in [2.05, 4.69) is 15.3 Å². The smallest absolute Gasteiger partial charge is 0.298 e. The topological polar surface area (TPSA) is 118 Å². The van der Waals surface area contributed by atoms with Crippen LogP contribution in [0.4, 0.5) is 10.3 Å². The Morgan fingerprint density at radius 3 is 2.58 bits per heavy atom. The summed E-state index contributed by atoms with van der Waals surface area (Å²) in [6.45, 7) is 2.52. The van der Waals surface area contributed by atoms with E-state index in [0.717, 1.165) is 11.3 Å². The lowest BCUT2D eigenvalue weighted by molar-refractivity contribution is 0.328. The third kappa shape index (κ3) is 4.41. The van der Waals surface area contributed by atoms with Crippen LogP contribution >= 0.6 is 0 Å². The first-order valence-corrected chi connectivity index (χ1v) is 13.8. The van der Waals surface area contributed by atoms with Gasteiger partial charge in [-0.05, 0) is 43.5 Å². The van der Waals surface area contributed by atoms with Crippen LogP contribution in [-0.2, 0) is 21.8 Å². The molecule has 38 heavy (non-hydrogen) atoms. The molecule has 0 amide bonds. The van der Waals surface area contributed by atoms with E-state index in [0.29, 0.717) is 43.7 Å². The Balaban J connectivity index is 1.16. The molecule has 3 aliphatic rings. The van der Waals surface area contributed by atoms with E-state index >= 15 is 0 Å². The maximum Gasteiger partial charge on any atom is 0.298 e. The van der Waals surface area contributed by atoms with E-state index in [1.165, 1.54) is 16.4 Å². The lowest BCUT2D eigenvalue weighted by Crippen LogP contribution is -2.42. The van der Waals surface area contributed by atoms with E-state index in [1.807, 2.05) is 17.2 Å². The predicted molar refractivity (Wildman–Crippen MR) is 137 cm³/mol. The number of imidazole rings is 1. The fraction of sp³-hybridized carbons (Fsp3) is 0.360. The number of nitrogens with one attached hydrogen (secondary N) is 1. The second kappa shape index (κ2) is 9.48. The number of aryl methyl sites for hydroxylation is 2. The van der Waals surface area contributed by atoms with Crippen LogP contribution in [0.1, 0.15) is 42.0 Å². The van der Waals surface area contributed by atoms with Gasteiger partial charge in [-0.2, -0.15) is 4.31 Å². The molecule has 1 saturated heterocycles. The molecule has 0 saturated carbocycles. The van der Waals surface area contributed by atoms with Gasteiger partial charge < -0.3 is 14.6 Å². The Morgan fingerprint density at radius 1 is 1.11 bits per heavy atom. The number of aromatic nitrogens is 4. The first kappa shape index (κ1) is 24.5. The Bertz CT molecular complexity index is 1490. The van der Waals surface area contributed by atoms with Gasteiger partial charge in [-0.1, -0.05) is 12.1 Å². The zero-order chi connectivity index (χ0) is 26.4. The Morgan fingerprint density at radius 2 is 1.87 bits per heavy atom. The van der Waals surface area contributed by atoms with Crippen LogP contribution in [0.15, 0.2) is 65.2 Å². The van der Waals surface area contributed by atoms with Crippen molar-refractivity contribution in [3.05, 3.63) is 78.1 Å². The molecule has 0 radical (unpaired) electrons. The van der Waals surface area contributed by atoms with Gasteiger partial charge in [0.05, 0.1) is 5.69 Å². The van der Waals surface area contributed by atoms with Crippen molar-refractivity contribution in [2.24, 2.45) is 12.0 Å². The van der Waals surface area contributed by atoms with Crippen molar-refractivity contribution < 1.29 is 17.5 Å². The Kier molecular flexibility index (Phi) is 6.11. The Hall–Kier alpha value is -3.84. The van der Waals surface area contributed by atoms with Crippen LogP contribution in [0, 0.1) is 12.7 Å². The van der Waals surface area contributed by atoms with Gasteiger partial charge >= 0.3 is 0 Å². The van der Waals surface area contributed by atoms with Gasteiger partial charge in [0.15, 0.2) is 5.03 Å². The third-order valence-corrected chi connectivity index (χ3v) is 8.90. The molecule has 2 aromatic heterocycles. The fourth-order valence-corrected chi connectivity index (χ4v) is 6.46. The summed E-state index contributed by atoms with van der Waals surface area (Å²) in [5.41, 5.74) is 1.58. The number of sulfonamides is 1. The number of halogens is 1. The number of nitrogens with zero attached hydrogens (tertiary/aromatic N) is 7. The van der Waals surface area contributed by atoms with Crippen molar-refractivity contribution in [1.29, 1.82) is 0 Å². The number of benzene rings is 1. The summed E-state index contributed by atoms with van der Waals surface area (Å²) in [5, 5.41) is 3.45. The van der Waals surface area contributed by atoms with Crippen LogP contribution in [0.2, 0.25) is 0 Å². The van der Waals surface area contributed by atoms with Crippen LogP contribution in [-0.4, -0.2) is 62.3 Å². The minimum atomic E-state index is -3.64. The lowest BCUT2D eigenvalue weighted by atomic mass is 9.97. The fourth-order valence-electron chi connectivity index (χ4n) is 4.97. The van der Waals surface area contributed by atoms with Crippen LogP contribution in [0.3, 0.4) is 0 Å². The second-order valence-corrected chi connectivity index (χ2v) is 11.4. The number of piperidine rings is 1. The van der Waals surface area contributed by atoms with Crippen LogP contribution in [0.25, 0.3) is 0 Å². The number of amidine groups is 1. The van der Waals surface area contributed by atoms with Gasteiger partial charge in [0.2, 0.25) is 5.95 Å². The summed E-state index contributed by atoms with van der Waals surface area (Å²) < 4.78 is 48.3. The summed E-state index contributed by atoms with van der Waals surface area (Å²) in [4.78, 5) is 20.0. The molecule has 2 atom stereocenters. The number of fused-ring (bicyclic) bond motifs is 1. The summed E-state index contributed by atoms with van der Waals surface area (Å²) in [7, 11) is -1.86. The highest BCUT2D eigenvalue weighted by molar-refractivity contribution is 7.89. The maximum atomic E-state index is 13.5. The van der Waals surface area contributed by atoms with Gasteiger partial charge in [0, 0.05) is 44.8 Å². The van der Waals surface area contributed by atoms with Gasteiger partial charge in [-0.25, -0.2) is 32.8 Å². The van der Waals surface area contributed by atoms with E-state index in [1.54, 1.807) is 49.3 Å². The molecule has 198 valence electrons. The maximum absolute atomic E-state index is 13.5. The van der Waals surface area contributed by atoms with Crippen molar-refractivity contribution in [1.82, 2.24) is 28.7 Å². The van der Waals surface area contributed by atoms with E-state index in [9.17, 15) is 12.8 Å². The van der Waals surface area contributed by atoms with E-state index < -0.39 is 10.0 Å².